The maximum absolute atomic E-state index is 14.4. The van der Waals surface area contributed by atoms with Gasteiger partial charge in [0.05, 0.1) is 28.2 Å². The van der Waals surface area contributed by atoms with E-state index in [2.05, 4.69) is 0 Å². The third-order valence-electron chi connectivity index (χ3n) is 4.84. The first kappa shape index (κ1) is 20.4. The summed E-state index contributed by atoms with van der Waals surface area (Å²) in [5, 5.41) is 9.34. The van der Waals surface area contributed by atoms with E-state index in [9.17, 15) is 27.6 Å². The molecule has 4 nitrogen and oxygen atoms in total. The van der Waals surface area contributed by atoms with Gasteiger partial charge in [0.25, 0.3) is 0 Å². The van der Waals surface area contributed by atoms with E-state index in [1.54, 1.807) is 36.6 Å². The molecular weight excluding hydrogens is 386 g/mol. The second kappa shape index (κ2) is 7.24. The molecule has 0 amide bonds. The van der Waals surface area contributed by atoms with Crippen molar-refractivity contribution in [1.29, 1.82) is 5.26 Å². The molecule has 29 heavy (non-hydrogen) atoms. The van der Waals surface area contributed by atoms with Gasteiger partial charge in [-0.05, 0) is 36.8 Å². The van der Waals surface area contributed by atoms with Gasteiger partial charge in [0.1, 0.15) is 17.4 Å². The minimum atomic E-state index is -4.45. The van der Waals surface area contributed by atoms with E-state index in [0.29, 0.717) is 11.1 Å². The van der Waals surface area contributed by atoms with Crippen LogP contribution in [0.4, 0.5) is 23.2 Å². The first-order chi connectivity index (χ1) is 13.5. The number of aromatic nitrogens is 1. The molecule has 0 fully saturated rings. The van der Waals surface area contributed by atoms with E-state index in [1.807, 2.05) is 0 Å². The summed E-state index contributed by atoms with van der Waals surface area (Å²) in [6.07, 6.45) is -3.09. The Morgan fingerprint density at radius 3 is 2.28 bits per heavy atom. The number of nitriles is 1. The van der Waals surface area contributed by atoms with Crippen LogP contribution in [-0.4, -0.2) is 18.7 Å². The van der Waals surface area contributed by atoms with Crippen LogP contribution in [0, 0.1) is 17.1 Å². The standard InChI is InChI=1S/C21H17F4N3O/c1-12(13-4-6-15(7-5-13)21(23,24)25)28-11-14(10-26)20(29)16-8-17(22)19(27(2)3)9-18(16)28/h4-9,11-12H,1-3H3. The summed E-state index contributed by atoms with van der Waals surface area (Å²) >= 11 is 0. The number of benzene rings is 2. The Labute approximate surface area is 164 Å². The largest absolute Gasteiger partial charge is 0.416 e. The first-order valence-electron chi connectivity index (χ1n) is 8.67. The molecular formula is C21H17F4N3O. The lowest BCUT2D eigenvalue weighted by Gasteiger charge is -2.22. The zero-order chi connectivity index (χ0) is 21.5. The summed E-state index contributed by atoms with van der Waals surface area (Å²) < 4.78 is 54.5. The van der Waals surface area contributed by atoms with Crippen molar-refractivity contribution in [2.75, 3.05) is 19.0 Å². The molecule has 0 aliphatic carbocycles. The van der Waals surface area contributed by atoms with Crippen molar-refractivity contribution in [3.63, 3.8) is 0 Å². The number of halogens is 4. The van der Waals surface area contributed by atoms with Crippen LogP contribution in [0.1, 0.15) is 29.7 Å². The summed E-state index contributed by atoms with van der Waals surface area (Å²) in [5.74, 6) is -0.608. The predicted octanol–water partition coefficient (Wildman–Crippen LogP) is 4.71. The number of anilines is 1. The average molecular weight is 403 g/mol. The van der Waals surface area contributed by atoms with E-state index >= 15 is 0 Å². The second-order valence-electron chi connectivity index (χ2n) is 6.90. The molecule has 1 unspecified atom stereocenters. The molecule has 0 aliphatic heterocycles. The number of fused-ring (bicyclic) bond motifs is 1. The van der Waals surface area contributed by atoms with Crippen molar-refractivity contribution in [3.05, 3.63) is 75.3 Å². The summed E-state index contributed by atoms with van der Waals surface area (Å²) in [5.41, 5.74) is -0.368. The van der Waals surface area contributed by atoms with Gasteiger partial charge >= 0.3 is 6.18 Å². The first-order valence-corrected chi connectivity index (χ1v) is 8.67. The van der Waals surface area contributed by atoms with Crippen LogP contribution in [0.3, 0.4) is 0 Å². The fourth-order valence-electron chi connectivity index (χ4n) is 3.21. The van der Waals surface area contributed by atoms with Crippen molar-refractivity contribution >= 4 is 16.6 Å². The molecule has 0 aliphatic rings. The summed E-state index contributed by atoms with van der Waals surface area (Å²) in [7, 11) is 3.30. The van der Waals surface area contributed by atoms with Crippen LogP contribution in [0.2, 0.25) is 0 Å². The van der Waals surface area contributed by atoms with Crippen LogP contribution in [0.5, 0.6) is 0 Å². The molecule has 0 saturated carbocycles. The van der Waals surface area contributed by atoms with E-state index in [4.69, 9.17) is 0 Å². The third kappa shape index (κ3) is 3.68. The molecule has 1 heterocycles. The topological polar surface area (TPSA) is 49.0 Å². The van der Waals surface area contributed by atoms with E-state index in [-0.39, 0.29) is 16.6 Å². The third-order valence-corrected chi connectivity index (χ3v) is 4.84. The highest BCUT2D eigenvalue weighted by Crippen LogP contribution is 2.32. The highest BCUT2D eigenvalue weighted by molar-refractivity contribution is 5.84. The molecule has 2 aromatic carbocycles. The SMILES string of the molecule is CC(c1ccc(C(F)(F)F)cc1)n1cc(C#N)c(=O)c2cc(F)c(N(C)C)cc21. The maximum atomic E-state index is 14.4. The Hall–Kier alpha value is -3.34. The summed E-state index contributed by atoms with van der Waals surface area (Å²) in [6, 6.07) is 8.53. The monoisotopic (exact) mass is 403 g/mol. The van der Waals surface area contributed by atoms with Gasteiger partial charge in [0.2, 0.25) is 5.43 Å². The van der Waals surface area contributed by atoms with Crippen LogP contribution in [0.15, 0.2) is 47.4 Å². The Balaban J connectivity index is 2.24. The molecule has 1 atom stereocenters. The molecule has 0 spiro atoms. The van der Waals surface area contributed by atoms with E-state index in [1.165, 1.54) is 24.4 Å². The van der Waals surface area contributed by atoms with E-state index < -0.39 is 29.0 Å². The van der Waals surface area contributed by atoms with Crippen molar-refractivity contribution in [2.45, 2.75) is 19.1 Å². The lowest BCUT2D eigenvalue weighted by atomic mass is 10.0. The van der Waals surface area contributed by atoms with Gasteiger partial charge < -0.3 is 9.47 Å². The fraction of sp³-hybridized carbons (Fsp3) is 0.238. The zero-order valence-electron chi connectivity index (χ0n) is 15.9. The number of hydrogen-bond acceptors (Lipinski definition) is 3. The van der Waals surface area contributed by atoms with Crippen LogP contribution >= 0.6 is 0 Å². The van der Waals surface area contributed by atoms with E-state index in [0.717, 1.165) is 18.2 Å². The number of hydrogen-bond donors (Lipinski definition) is 0. The van der Waals surface area contributed by atoms with Gasteiger partial charge in [0, 0.05) is 20.3 Å². The van der Waals surface area contributed by atoms with Crippen LogP contribution < -0.4 is 10.3 Å². The Bertz CT molecular complexity index is 1170. The van der Waals surface area contributed by atoms with Gasteiger partial charge in [-0.1, -0.05) is 12.1 Å². The van der Waals surface area contributed by atoms with Crippen molar-refractivity contribution < 1.29 is 17.6 Å². The number of pyridine rings is 1. The molecule has 1 aromatic heterocycles. The number of nitrogens with zero attached hydrogens (tertiary/aromatic N) is 3. The lowest BCUT2D eigenvalue weighted by molar-refractivity contribution is -0.137. The Morgan fingerprint density at radius 2 is 1.76 bits per heavy atom. The Morgan fingerprint density at radius 1 is 1.14 bits per heavy atom. The quantitative estimate of drug-likeness (QED) is 0.596. The summed E-state index contributed by atoms with van der Waals surface area (Å²) in [6.45, 7) is 1.73. The average Bonchev–Trinajstić information content (AvgIpc) is 2.67. The summed E-state index contributed by atoms with van der Waals surface area (Å²) in [4.78, 5) is 14.1. The fourth-order valence-corrected chi connectivity index (χ4v) is 3.21. The molecule has 8 heteroatoms. The minimum absolute atomic E-state index is 0.0333. The van der Waals surface area contributed by atoms with Crippen LogP contribution in [-0.2, 0) is 6.18 Å². The molecule has 0 bridgehead atoms. The molecule has 3 rings (SSSR count). The van der Waals surface area contributed by atoms with Gasteiger partial charge in [0.15, 0.2) is 0 Å². The van der Waals surface area contributed by atoms with Crippen molar-refractivity contribution in [2.24, 2.45) is 0 Å². The lowest BCUT2D eigenvalue weighted by Crippen LogP contribution is -2.18. The molecule has 150 valence electrons. The smallest absolute Gasteiger partial charge is 0.375 e. The Kier molecular flexibility index (Phi) is 5.09. The van der Waals surface area contributed by atoms with Gasteiger partial charge in [-0.15, -0.1) is 0 Å². The van der Waals surface area contributed by atoms with Gasteiger partial charge in [-0.3, -0.25) is 4.79 Å². The predicted molar refractivity (Wildman–Crippen MR) is 102 cm³/mol. The second-order valence-corrected chi connectivity index (χ2v) is 6.90. The van der Waals surface area contributed by atoms with Crippen LogP contribution in [0.25, 0.3) is 10.9 Å². The van der Waals surface area contributed by atoms with Gasteiger partial charge in [-0.2, -0.15) is 18.4 Å². The number of rotatable bonds is 3. The molecule has 0 N–H and O–H groups in total. The highest BCUT2D eigenvalue weighted by atomic mass is 19.4. The highest BCUT2D eigenvalue weighted by Gasteiger charge is 2.30. The van der Waals surface area contributed by atoms with Crippen molar-refractivity contribution in [1.82, 2.24) is 4.57 Å². The molecule has 0 radical (unpaired) electrons. The number of alkyl halides is 3. The molecule has 3 aromatic rings. The minimum Gasteiger partial charge on any atom is -0.375 e. The molecule has 0 saturated heterocycles. The van der Waals surface area contributed by atoms with Gasteiger partial charge in [-0.25, -0.2) is 4.39 Å². The zero-order valence-corrected chi connectivity index (χ0v) is 15.9. The normalized spacial score (nSPS) is 12.6. The maximum Gasteiger partial charge on any atom is 0.416 e. The van der Waals surface area contributed by atoms with Crippen molar-refractivity contribution in [3.8, 4) is 6.07 Å².